The van der Waals surface area contributed by atoms with E-state index in [1.165, 1.54) is 36.3 Å². The van der Waals surface area contributed by atoms with Gasteiger partial charge in [0.25, 0.3) is 11.8 Å². The number of amides is 3. The molecule has 11 heteroatoms. The number of rotatable bonds is 12. The summed E-state index contributed by atoms with van der Waals surface area (Å²) in [7, 11) is 5.13. The predicted molar refractivity (Wildman–Crippen MR) is 163 cm³/mol. The fourth-order valence-corrected chi connectivity index (χ4v) is 4.60. The van der Waals surface area contributed by atoms with Crippen LogP contribution in [0.2, 0.25) is 0 Å². The van der Waals surface area contributed by atoms with Crippen LogP contribution in [0.3, 0.4) is 0 Å². The van der Waals surface area contributed by atoms with Crippen LogP contribution in [0.1, 0.15) is 27.1 Å². The average molecular weight is 591 g/mol. The summed E-state index contributed by atoms with van der Waals surface area (Å²) < 4.78 is 17.0. The molecule has 1 fully saturated rings. The summed E-state index contributed by atoms with van der Waals surface area (Å²) in [6, 6.07) is 17.9. The quantitative estimate of drug-likeness (QED) is 0.308. The Kier molecular flexibility index (Phi) is 11.0. The SMILES string of the molecule is COc1cccc(C(=O)N(C)c2ccccc2OCCCOCC(=O)N2CCN(C)CC2)c1NC(=O)c1ccc(O)cc1. The molecule has 0 aliphatic carbocycles. The predicted octanol–water partition coefficient (Wildman–Crippen LogP) is 3.49. The molecule has 3 aromatic carbocycles. The van der Waals surface area contributed by atoms with Crippen LogP contribution in [0.15, 0.2) is 66.7 Å². The molecule has 0 bridgehead atoms. The lowest BCUT2D eigenvalue weighted by molar-refractivity contribution is -0.137. The first kappa shape index (κ1) is 31.3. The minimum Gasteiger partial charge on any atom is -0.508 e. The van der Waals surface area contributed by atoms with Gasteiger partial charge in [-0.1, -0.05) is 18.2 Å². The molecule has 3 aromatic rings. The molecule has 2 N–H and O–H groups in total. The fourth-order valence-electron chi connectivity index (χ4n) is 4.60. The number of carbonyl (C=O) groups is 3. The molecule has 4 rings (SSSR count). The van der Waals surface area contributed by atoms with E-state index in [1.54, 1.807) is 43.4 Å². The maximum atomic E-state index is 13.7. The second-order valence-electron chi connectivity index (χ2n) is 10.2. The van der Waals surface area contributed by atoms with Crippen LogP contribution >= 0.6 is 0 Å². The number of carbonyl (C=O) groups excluding carboxylic acids is 3. The number of likely N-dealkylation sites (N-methyl/N-ethyl adjacent to an activating group) is 1. The number of nitrogens with zero attached hydrogens (tertiary/aromatic N) is 3. The zero-order valence-electron chi connectivity index (χ0n) is 24.7. The highest BCUT2D eigenvalue weighted by Crippen LogP contribution is 2.33. The number of benzene rings is 3. The molecule has 3 amide bonds. The van der Waals surface area contributed by atoms with Gasteiger partial charge >= 0.3 is 0 Å². The number of phenolic OH excluding ortho intramolecular Hbond substituents is 1. The topological polar surface area (TPSA) is 121 Å². The minimum absolute atomic E-state index is 0.00401. The van der Waals surface area contributed by atoms with Crippen LogP contribution < -0.4 is 19.7 Å². The van der Waals surface area contributed by atoms with Crippen LogP contribution in [-0.2, 0) is 9.53 Å². The summed E-state index contributed by atoms with van der Waals surface area (Å²) in [4.78, 5) is 44.5. The number of methoxy groups -OCH3 is 1. The van der Waals surface area contributed by atoms with Crippen molar-refractivity contribution < 1.29 is 33.7 Å². The van der Waals surface area contributed by atoms with Crippen LogP contribution in [0.4, 0.5) is 11.4 Å². The number of hydrogen-bond acceptors (Lipinski definition) is 8. The van der Waals surface area contributed by atoms with E-state index in [2.05, 4.69) is 10.2 Å². The van der Waals surface area contributed by atoms with Crippen molar-refractivity contribution in [3.63, 3.8) is 0 Å². The van der Waals surface area contributed by atoms with E-state index in [-0.39, 0.29) is 35.4 Å². The van der Waals surface area contributed by atoms with Crippen molar-refractivity contribution in [1.29, 1.82) is 0 Å². The Morgan fingerprint density at radius 1 is 0.907 bits per heavy atom. The first-order chi connectivity index (χ1) is 20.8. The molecule has 0 spiro atoms. The van der Waals surface area contributed by atoms with Crippen molar-refractivity contribution in [2.75, 3.05) is 77.4 Å². The number of hydrogen-bond donors (Lipinski definition) is 2. The van der Waals surface area contributed by atoms with Gasteiger partial charge in [0.1, 0.15) is 23.9 Å². The van der Waals surface area contributed by atoms with Crippen molar-refractivity contribution in [2.24, 2.45) is 0 Å². The molecule has 1 saturated heterocycles. The van der Waals surface area contributed by atoms with Crippen LogP contribution in [0.25, 0.3) is 0 Å². The standard InChI is InChI=1S/C32H38N4O7/c1-34-16-18-36(19-17-34)29(38)22-42-20-7-21-43-27-10-5-4-9-26(27)35(2)32(40)25-8-6-11-28(41-3)30(25)33-31(39)23-12-14-24(37)15-13-23/h4-6,8-15,37H,7,16-22H2,1-3H3,(H,33,39). The third kappa shape index (κ3) is 8.24. The number of piperazine rings is 1. The maximum absolute atomic E-state index is 13.7. The van der Waals surface area contributed by atoms with Crippen LogP contribution in [-0.4, -0.2) is 99.8 Å². The third-order valence-corrected chi connectivity index (χ3v) is 7.15. The lowest BCUT2D eigenvalue weighted by Crippen LogP contribution is -2.48. The second-order valence-corrected chi connectivity index (χ2v) is 10.2. The Morgan fingerprint density at radius 2 is 1.60 bits per heavy atom. The van der Waals surface area contributed by atoms with Gasteiger partial charge in [-0.15, -0.1) is 0 Å². The number of nitrogens with one attached hydrogen (secondary N) is 1. The van der Waals surface area contributed by atoms with Gasteiger partial charge in [0, 0.05) is 45.2 Å². The second kappa shape index (κ2) is 15.0. The Balaban J connectivity index is 1.37. The third-order valence-electron chi connectivity index (χ3n) is 7.15. The Hall–Kier alpha value is -4.61. The normalized spacial score (nSPS) is 13.3. The highest BCUT2D eigenvalue weighted by molar-refractivity contribution is 6.14. The van der Waals surface area contributed by atoms with E-state index >= 15 is 0 Å². The van der Waals surface area contributed by atoms with Crippen molar-refractivity contribution in [3.8, 4) is 17.2 Å². The van der Waals surface area contributed by atoms with Gasteiger partial charge in [-0.05, 0) is 55.6 Å². The van der Waals surface area contributed by atoms with Gasteiger partial charge in [-0.25, -0.2) is 0 Å². The van der Waals surface area contributed by atoms with Crippen molar-refractivity contribution >= 4 is 29.1 Å². The van der Waals surface area contributed by atoms with Gasteiger partial charge in [-0.3, -0.25) is 14.4 Å². The number of ether oxygens (including phenoxy) is 3. The van der Waals surface area contributed by atoms with Crippen molar-refractivity contribution in [1.82, 2.24) is 9.80 Å². The summed E-state index contributed by atoms with van der Waals surface area (Å²) in [5, 5.41) is 12.3. The largest absolute Gasteiger partial charge is 0.508 e. The molecule has 0 saturated carbocycles. The number of phenols is 1. The van der Waals surface area contributed by atoms with Crippen LogP contribution in [0, 0.1) is 0 Å². The lowest BCUT2D eigenvalue weighted by Gasteiger charge is -2.32. The molecular weight excluding hydrogens is 552 g/mol. The van der Waals surface area contributed by atoms with E-state index in [0.29, 0.717) is 55.5 Å². The highest BCUT2D eigenvalue weighted by Gasteiger charge is 2.24. The monoisotopic (exact) mass is 590 g/mol. The first-order valence-electron chi connectivity index (χ1n) is 14.1. The van der Waals surface area contributed by atoms with Gasteiger partial charge in [0.2, 0.25) is 5.91 Å². The Morgan fingerprint density at radius 3 is 2.33 bits per heavy atom. The van der Waals surface area contributed by atoms with Crippen molar-refractivity contribution in [2.45, 2.75) is 6.42 Å². The van der Waals surface area contributed by atoms with Gasteiger partial charge < -0.3 is 39.3 Å². The minimum atomic E-state index is -0.461. The van der Waals surface area contributed by atoms with Crippen LogP contribution in [0.5, 0.6) is 17.2 Å². The van der Waals surface area contributed by atoms with E-state index in [0.717, 1.165) is 13.1 Å². The Labute approximate surface area is 251 Å². The summed E-state index contributed by atoms with van der Waals surface area (Å²) in [6.45, 7) is 3.90. The van der Waals surface area contributed by atoms with E-state index in [1.807, 2.05) is 18.0 Å². The van der Waals surface area contributed by atoms with E-state index < -0.39 is 5.91 Å². The summed E-state index contributed by atoms with van der Waals surface area (Å²) in [5.41, 5.74) is 1.29. The Bertz CT molecular complexity index is 1410. The molecule has 11 nitrogen and oxygen atoms in total. The molecule has 0 unspecified atom stereocenters. The zero-order chi connectivity index (χ0) is 30.8. The van der Waals surface area contributed by atoms with Gasteiger partial charge in [0.15, 0.2) is 0 Å². The average Bonchev–Trinajstić information content (AvgIpc) is 3.02. The van der Waals surface area contributed by atoms with E-state index in [4.69, 9.17) is 14.2 Å². The number of para-hydroxylation sites is 3. The first-order valence-corrected chi connectivity index (χ1v) is 14.1. The molecule has 1 heterocycles. The highest BCUT2D eigenvalue weighted by atomic mass is 16.5. The maximum Gasteiger partial charge on any atom is 0.260 e. The van der Waals surface area contributed by atoms with Crippen molar-refractivity contribution in [3.05, 3.63) is 77.9 Å². The summed E-state index contributed by atoms with van der Waals surface area (Å²) in [6.07, 6.45) is 0.561. The molecule has 0 radical (unpaired) electrons. The molecule has 1 aliphatic rings. The molecule has 0 atom stereocenters. The zero-order valence-corrected chi connectivity index (χ0v) is 24.7. The summed E-state index contributed by atoms with van der Waals surface area (Å²) >= 11 is 0. The summed E-state index contributed by atoms with van der Waals surface area (Å²) in [5.74, 6) is 0.0114. The van der Waals surface area contributed by atoms with E-state index in [9.17, 15) is 19.5 Å². The van der Waals surface area contributed by atoms with Gasteiger partial charge in [-0.2, -0.15) is 0 Å². The lowest BCUT2D eigenvalue weighted by atomic mass is 10.1. The number of anilines is 2. The fraction of sp³-hybridized carbons (Fsp3) is 0.344. The number of aromatic hydroxyl groups is 1. The smallest absolute Gasteiger partial charge is 0.260 e. The molecule has 0 aromatic heterocycles. The molecular formula is C32H38N4O7. The molecule has 1 aliphatic heterocycles. The van der Waals surface area contributed by atoms with Gasteiger partial charge in [0.05, 0.1) is 37.3 Å². The molecule has 43 heavy (non-hydrogen) atoms. The molecule has 228 valence electrons.